The van der Waals surface area contributed by atoms with Crippen LogP contribution in [0, 0.1) is 6.92 Å². The molecule has 20 heavy (non-hydrogen) atoms. The van der Waals surface area contributed by atoms with Gasteiger partial charge in [-0.15, -0.1) is 0 Å². The van der Waals surface area contributed by atoms with E-state index in [1.54, 1.807) is 6.92 Å². The van der Waals surface area contributed by atoms with Gasteiger partial charge in [0.05, 0.1) is 12.2 Å². The van der Waals surface area contributed by atoms with E-state index in [4.69, 9.17) is 5.11 Å². The Hall–Kier alpha value is -1.35. The second kappa shape index (κ2) is 5.57. The van der Waals surface area contributed by atoms with Gasteiger partial charge >= 0.3 is 12.1 Å². The molecule has 1 aliphatic heterocycles. The van der Waals surface area contributed by atoms with Gasteiger partial charge < -0.3 is 10.0 Å². The van der Waals surface area contributed by atoms with E-state index >= 15 is 0 Å². The molecule has 2 heterocycles. The Morgan fingerprint density at radius 2 is 1.95 bits per heavy atom. The maximum absolute atomic E-state index is 12.3. The van der Waals surface area contributed by atoms with Gasteiger partial charge in [-0.1, -0.05) is 11.3 Å². The van der Waals surface area contributed by atoms with Crippen LogP contribution in [0.1, 0.15) is 15.4 Å². The molecule has 1 N–H and O–H groups in total. The Labute approximate surface area is 117 Å². The molecule has 5 nitrogen and oxygen atoms in total. The summed E-state index contributed by atoms with van der Waals surface area (Å²) in [6, 6.07) is 0. The van der Waals surface area contributed by atoms with Gasteiger partial charge in [-0.3, -0.25) is 4.90 Å². The lowest BCUT2D eigenvalue weighted by atomic mass is 10.3. The van der Waals surface area contributed by atoms with Crippen molar-refractivity contribution in [3.63, 3.8) is 0 Å². The summed E-state index contributed by atoms with van der Waals surface area (Å²) in [7, 11) is 0. The Morgan fingerprint density at radius 1 is 1.35 bits per heavy atom. The minimum Gasteiger partial charge on any atom is -0.477 e. The summed E-state index contributed by atoms with van der Waals surface area (Å²) in [5.41, 5.74) is 0.440. The summed E-state index contributed by atoms with van der Waals surface area (Å²) in [5, 5.41) is 9.53. The van der Waals surface area contributed by atoms with Gasteiger partial charge in [0.2, 0.25) is 0 Å². The third-order valence-corrected chi connectivity index (χ3v) is 4.23. The molecule has 112 valence electrons. The van der Waals surface area contributed by atoms with Crippen molar-refractivity contribution in [2.75, 3.05) is 37.6 Å². The maximum Gasteiger partial charge on any atom is 0.401 e. The van der Waals surface area contributed by atoms with Crippen LogP contribution in [0.4, 0.5) is 18.3 Å². The van der Waals surface area contributed by atoms with Crippen LogP contribution in [0.15, 0.2) is 0 Å². The van der Waals surface area contributed by atoms with Crippen molar-refractivity contribution in [3.8, 4) is 0 Å². The number of alkyl halides is 3. The molecule has 2 rings (SSSR count). The molecule has 0 bridgehead atoms. The van der Waals surface area contributed by atoms with Crippen molar-refractivity contribution in [1.82, 2.24) is 9.88 Å². The smallest absolute Gasteiger partial charge is 0.401 e. The molecule has 0 unspecified atom stereocenters. The molecule has 0 aromatic carbocycles. The van der Waals surface area contributed by atoms with Gasteiger partial charge in [-0.2, -0.15) is 13.2 Å². The van der Waals surface area contributed by atoms with E-state index in [0.717, 1.165) is 11.3 Å². The van der Waals surface area contributed by atoms with Gasteiger partial charge in [0.1, 0.15) is 4.88 Å². The fourth-order valence-electron chi connectivity index (χ4n) is 2.07. The highest BCUT2D eigenvalue weighted by Crippen LogP contribution is 2.27. The summed E-state index contributed by atoms with van der Waals surface area (Å²) in [4.78, 5) is 18.5. The number of hydrogen-bond acceptors (Lipinski definition) is 5. The lowest BCUT2D eigenvalue weighted by molar-refractivity contribution is -0.146. The summed E-state index contributed by atoms with van der Waals surface area (Å²) < 4.78 is 36.8. The number of aryl methyl sites for hydroxylation is 1. The maximum atomic E-state index is 12.3. The second-order valence-electron chi connectivity index (χ2n) is 4.59. The van der Waals surface area contributed by atoms with Crippen molar-refractivity contribution in [3.05, 3.63) is 10.6 Å². The van der Waals surface area contributed by atoms with Gasteiger partial charge in [0.25, 0.3) is 0 Å². The zero-order valence-electron chi connectivity index (χ0n) is 10.8. The van der Waals surface area contributed by atoms with E-state index in [2.05, 4.69) is 4.98 Å². The quantitative estimate of drug-likeness (QED) is 0.923. The number of carbonyl (C=O) groups is 1. The molecule has 0 radical (unpaired) electrons. The first kappa shape index (κ1) is 15.0. The summed E-state index contributed by atoms with van der Waals surface area (Å²) in [6.45, 7) is 2.13. The number of carboxylic acids is 1. The molecule has 9 heteroatoms. The largest absolute Gasteiger partial charge is 0.477 e. The molecule has 1 aromatic rings. The number of aromatic carboxylic acids is 1. The van der Waals surface area contributed by atoms with Crippen LogP contribution in [0.25, 0.3) is 0 Å². The second-order valence-corrected chi connectivity index (χ2v) is 5.57. The first-order valence-corrected chi connectivity index (χ1v) is 6.82. The van der Waals surface area contributed by atoms with Crippen LogP contribution in [-0.2, 0) is 0 Å². The number of thiazole rings is 1. The third-order valence-electron chi connectivity index (χ3n) is 3.03. The fourth-order valence-corrected chi connectivity index (χ4v) is 3.02. The van der Waals surface area contributed by atoms with Crippen molar-refractivity contribution in [2.45, 2.75) is 13.1 Å². The van der Waals surface area contributed by atoms with E-state index in [0.29, 0.717) is 37.0 Å². The van der Waals surface area contributed by atoms with Crippen LogP contribution in [0.2, 0.25) is 0 Å². The average Bonchev–Trinajstić information content (AvgIpc) is 2.70. The standard InChI is InChI=1S/C11H14F3N3O2S/c1-7-8(9(18)19)20-10(15-7)17-4-2-16(3-5-17)6-11(12,13)14/h2-6H2,1H3,(H,18,19). The number of rotatable bonds is 3. The molecule has 0 saturated carbocycles. The lowest BCUT2D eigenvalue weighted by Crippen LogP contribution is -2.49. The molecular formula is C11H14F3N3O2S. The Bertz CT molecular complexity index is 496. The molecule has 1 fully saturated rings. The molecule has 1 saturated heterocycles. The van der Waals surface area contributed by atoms with E-state index in [9.17, 15) is 18.0 Å². The number of nitrogens with zero attached hydrogens (tertiary/aromatic N) is 3. The third kappa shape index (κ3) is 3.60. The zero-order chi connectivity index (χ0) is 14.9. The highest BCUT2D eigenvalue weighted by atomic mass is 32.1. The molecule has 1 aromatic heterocycles. The fraction of sp³-hybridized carbons (Fsp3) is 0.636. The number of anilines is 1. The van der Waals surface area contributed by atoms with Crippen molar-refractivity contribution in [1.29, 1.82) is 0 Å². The van der Waals surface area contributed by atoms with Crippen molar-refractivity contribution in [2.24, 2.45) is 0 Å². The van der Waals surface area contributed by atoms with Crippen LogP contribution in [0.5, 0.6) is 0 Å². The van der Waals surface area contributed by atoms with E-state index in [1.807, 2.05) is 4.90 Å². The SMILES string of the molecule is Cc1nc(N2CCN(CC(F)(F)F)CC2)sc1C(=O)O. The zero-order valence-corrected chi connectivity index (χ0v) is 11.6. The minimum atomic E-state index is -4.18. The van der Waals surface area contributed by atoms with Gasteiger partial charge in [-0.05, 0) is 6.92 Å². The topological polar surface area (TPSA) is 56.7 Å². The minimum absolute atomic E-state index is 0.178. The summed E-state index contributed by atoms with van der Waals surface area (Å²) in [6.07, 6.45) is -4.18. The lowest BCUT2D eigenvalue weighted by Gasteiger charge is -2.34. The van der Waals surface area contributed by atoms with E-state index < -0.39 is 18.7 Å². The summed E-state index contributed by atoms with van der Waals surface area (Å²) in [5.74, 6) is -1.03. The first-order chi connectivity index (χ1) is 9.26. The predicted molar refractivity (Wildman–Crippen MR) is 68.5 cm³/mol. The van der Waals surface area contributed by atoms with E-state index in [1.165, 1.54) is 4.90 Å². The molecular weight excluding hydrogens is 295 g/mol. The van der Waals surface area contributed by atoms with Gasteiger partial charge in [0.15, 0.2) is 5.13 Å². The Morgan fingerprint density at radius 3 is 2.40 bits per heavy atom. The number of aromatic nitrogens is 1. The monoisotopic (exact) mass is 309 g/mol. The highest BCUT2D eigenvalue weighted by molar-refractivity contribution is 7.17. The normalized spacial score (nSPS) is 17.5. The van der Waals surface area contributed by atoms with Crippen LogP contribution < -0.4 is 4.90 Å². The molecule has 0 amide bonds. The first-order valence-electron chi connectivity index (χ1n) is 6.01. The Kier molecular flexibility index (Phi) is 4.19. The number of piperazine rings is 1. The average molecular weight is 309 g/mol. The predicted octanol–water partition coefficient (Wildman–Crippen LogP) is 1.83. The van der Waals surface area contributed by atoms with Crippen LogP contribution >= 0.6 is 11.3 Å². The highest BCUT2D eigenvalue weighted by Gasteiger charge is 2.32. The molecule has 0 aliphatic carbocycles. The summed E-state index contributed by atoms with van der Waals surface area (Å²) >= 11 is 1.06. The number of hydrogen-bond donors (Lipinski definition) is 1. The van der Waals surface area contributed by atoms with Crippen molar-refractivity contribution < 1.29 is 23.1 Å². The molecule has 0 atom stereocenters. The molecule has 1 aliphatic rings. The van der Waals surface area contributed by atoms with Gasteiger partial charge in [0, 0.05) is 26.2 Å². The van der Waals surface area contributed by atoms with Crippen LogP contribution in [-0.4, -0.2) is 59.9 Å². The van der Waals surface area contributed by atoms with E-state index in [-0.39, 0.29) is 4.88 Å². The Balaban J connectivity index is 1.97. The van der Waals surface area contributed by atoms with Crippen molar-refractivity contribution >= 4 is 22.4 Å². The number of carboxylic acid groups (broad SMARTS) is 1. The number of halogens is 3. The van der Waals surface area contributed by atoms with Crippen LogP contribution in [0.3, 0.4) is 0 Å². The van der Waals surface area contributed by atoms with Gasteiger partial charge in [-0.25, -0.2) is 9.78 Å². The molecule has 0 spiro atoms.